The second-order valence-corrected chi connectivity index (χ2v) is 12.4. The van der Waals surface area contributed by atoms with Gasteiger partial charge in [-0.15, -0.1) is 0 Å². The molecule has 0 aromatic rings. The normalized spacial score (nSPS) is 40.5. The van der Waals surface area contributed by atoms with E-state index in [4.69, 9.17) is 0 Å². The molecule has 33 heavy (non-hydrogen) atoms. The smallest absolute Gasteiger partial charge is 0.228 e. The predicted molar refractivity (Wildman–Crippen MR) is 126 cm³/mol. The lowest BCUT2D eigenvalue weighted by Crippen LogP contribution is -2.62. The van der Waals surface area contributed by atoms with Gasteiger partial charge in [0.1, 0.15) is 12.2 Å². The van der Waals surface area contributed by atoms with E-state index in [9.17, 15) is 25.2 Å². The van der Waals surface area contributed by atoms with Crippen molar-refractivity contribution in [2.24, 2.45) is 29.1 Å². The topological polar surface area (TPSA) is 104 Å². The van der Waals surface area contributed by atoms with E-state index in [1.165, 1.54) is 25.7 Å². The highest BCUT2D eigenvalue weighted by Crippen LogP contribution is 2.61. The van der Waals surface area contributed by atoms with Crippen LogP contribution in [0.4, 0.5) is 0 Å². The summed E-state index contributed by atoms with van der Waals surface area (Å²) in [6.07, 6.45) is 5.91. The fourth-order valence-electron chi connectivity index (χ4n) is 7.33. The molecule has 0 spiro atoms. The van der Waals surface area contributed by atoms with Crippen molar-refractivity contribution in [2.45, 2.75) is 103 Å². The minimum Gasteiger partial charge on any atom is -0.395 e. The summed E-state index contributed by atoms with van der Waals surface area (Å²) in [6, 6.07) is -0.0983. The number of hydrogen-bond acceptors (Lipinski definition) is 6. The predicted octanol–water partition coefficient (Wildman–Crippen LogP) is 1.62. The van der Waals surface area contributed by atoms with E-state index in [0.29, 0.717) is 24.4 Å². The van der Waals surface area contributed by atoms with E-state index in [1.807, 2.05) is 25.7 Å². The molecule has 7 atom stereocenters. The molecule has 6 rings (SSSR count). The van der Waals surface area contributed by atoms with Crippen LogP contribution in [-0.4, -0.2) is 92.8 Å². The van der Waals surface area contributed by atoms with Crippen molar-refractivity contribution in [3.63, 3.8) is 0 Å². The van der Waals surface area contributed by atoms with Crippen molar-refractivity contribution >= 4 is 5.91 Å². The van der Waals surface area contributed by atoms with Crippen molar-refractivity contribution in [1.29, 1.82) is 0 Å². The molecule has 0 aromatic carbocycles. The maximum atomic E-state index is 13.3. The monoisotopic (exact) mass is 466 g/mol. The van der Waals surface area contributed by atoms with Crippen LogP contribution in [0.5, 0.6) is 0 Å². The maximum absolute atomic E-state index is 13.3. The summed E-state index contributed by atoms with van der Waals surface area (Å²) in [4.78, 5) is 17.5. The summed E-state index contributed by atoms with van der Waals surface area (Å²) >= 11 is 0. The van der Waals surface area contributed by atoms with Crippen LogP contribution in [0.2, 0.25) is 0 Å². The number of likely N-dealkylation sites (tertiary alicyclic amines) is 1. The average molecular weight is 467 g/mol. The Hall–Kier alpha value is -0.730. The first-order valence-electron chi connectivity index (χ1n) is 13.3. The number of carbonyl (C=O) groups excluding carboxylic acids is 1. The zero-order chi connectivity index (χ0) is 23.9. The molecule has 6 aliphatic rings. The van der Waals surface area contributed by atoms with Gasteiger partial charge in [-0.05, 0) is 68.7 Å². The molecule has 7 nitrogen and oxygen atoms in total. The number of aliphatic hydroxyl groups is 4. The van der Waals surface area contributed by atoms with Crippen LogP contribution < -0.4 is 0 Å². The van der Waals surface area contributed by atoms with Crippen LogP contribution in [0.15, 0.2) is 0 Å². The number of amides is 1. The lowest BCUT2D eigenvalue weighted by Gasteiger charge is -2.62. The van der Waals surface area contributed by atoms with Crippen LogP contribution in [0.25, 0.3) is 0 Å². The van der Waals surface area contributed by atoms with Gasteiger partial charge in [0.15, 0.2) is 0 Å². The molecule has 1 amide bonds. The minimum atomic E-state index is -1.20. The summed E-state index contributed by atoms with van der Waals surface area (Å²) in [5.41, 5.74) is -0.348. The number of fused-ring (bicyclic) bond motifs is 1. The Balaban J connectivity index is 1.24. The Morgan fingerprint density at radius 2 is 1.55 bits per heavy atom. The van der Waals surface area contributed by atoms with Crippen LogP contribution in [0, 0.1) is 29.1 Å². The molecule has 4 bridgehead atoms. The molecule has 0 aromatic heterocycles. The average Bonchev–Trinajstić information content (AvgIpc) is 2.77. The van der Waals surface area contributed by atoms with E-state index < -0.39 is 24.4 Å². The van der Waals surface area contributed by atoms with Gasteiger partial charge >= 0.3 is 0 Å². The Kier molecular flexibility index (Phi) is 7.76. The van der Waals surface area contributed by atoms with E-state index >= 15 is 0 Å². The van der Waals surface area contributed by atoms with Crippen LogP contribution in [-0.2, 0) is 4.79 Å². The largest absolute Gasteiger partial charge is 0.395 e. The number of piperidine rings is 1. The van der Waals surface area contributed by atoms with Gasteiger partial charge in [-0.3, -0.25) is 9.69 Å². The number of aliphatic hydroxyl groups excluding tert-OH is 4. The highest BCUT2D eigenvalue weighted by atomic mass is 16.4. The Labute approximate surface area is 199 Å². The summed E-state index contributed by atoms with van der Waals surface area (Å²) in [7, 11) is 0. The molecule has 1 heterocycles. The first-order chi connectivity index (χ1) is 15.6. The van der Waals surface area contributed by atoms with Crippen molar-refractivity contribution in [2.75, 3.05) is 26.2 Å². The summed E-state index contributed by atoms with van der Waals surface area (Å²) in [5, 5.41) is 39.6. The maximum Gasteiger partial charge on any atom is 0.228 e. The number of carbonyl (C=O) groups is 1. The molecule has 6 fully saturated rings. The van der Waals surface area contributed by atoms with Gasteiger partial charge in [0.25, 0.3) is 0 Å². The SMILES string of the molecule is CC(C)(C)C(=O)N(CCCCCCN1C[C@H](O)[C@@H](O)[C@H](O)[C@H]1CO)C1CC2C3CC2CC1C3. The van der Waals surface area contributed by atoms with Crippen LogP contribution in [0.1, 0.15) is 72.1 Å². The third kappa shape index (κ3) is 5.13. The van der Waals surface area contributed by atoms with Gasteiger partial charge in [-0.25, -0.2) is 0 Å². The molecule has 4 N–H and O–H groups in total. The molecule has 1 saturated heterocycles. The molecular weight excluding hydrogens is 420 g/mol. The standard InChI is InChI=1S/C26H46N2O5/c1-26(2,3)25(33)28(20-13-19-16-10-17(19)12-18(20)11-16)9-7-5-4-6-8-27-14-22(30)24(32)23(31)21(27)15-29/h16-24,29-32H,4-15H2,1-3H3/t16?,17?,18?,19?,20?,21-,22+,23-,24-/m1/s1. The number of hydrogen-bond donors (Lipinski definition) is 4. The Morgan fingerprint density at radius 3 is 2.12 bits per heavy atom. The lowest BCUT2D eigenvalue weighted by atomic mass is 9.47. The zero-order valence-electron chi connectivity index (χ0n) is 20.8. The fourth-order valence-corrected chi connectivity index (χ4v) is 7.33. The highest BCUT2D eigenvalue weighted by molar-refractivity contribution is 5.82. The van der Waals surface area contributed by atoms with Crippen molar-refractivity contribution < 1.29 is 25.2 Å². The highest BCUT2D eigenvalue weighted by Gasteiger charge is 2.55. The summed E-state index contributed by atoms with van der Waals surface area (Å²) in [6.45, 7) is 7.66. The second-order valence-electron chi connectivity index (χ2n) is 12.4. The molecule has 3 unspecified atom stereocenters. The lowest BCUT2D eigenvalue weighted by molar-refractivity contribution is -0.157. The first kappa shape index (κ1) is 25.4. The van der Waals surface area contributed by atoms with E-state index in [2.05, 4.69) is 4.90 Å². The number of unbranched alkanes of at least 4 members (excludes halogenated alkanes) is 3. The minimum absolute atomic E-state index is 0.236. The Bertz CT molecular complexity index is 670. The third-order valence-corrected chi connectivity index (χ3v) is 9.20. The molecule has 1 aliphatic heterocycles. The van der Waals surface area contributed by atoms with Gasteiger partial charge in [-0.1, -0.05) is 33.6 Å². The van der Waals surface area contributed by atoms with Gasteiger partial charge in [-0.2, -0.15) is 0 Å². The van der Waals surface area contributed by atoms with Crippen molar-refractivity contribution in [3.05, 3.63) is 0 Å². The van der Waals surface area contributed by atoms with Crippen LogP contribution >= 0.6 is 0 Å². The summed E-state index contributed by atoms with van der Waals surface area (Å²) < 4.78 is 0. The van der Waals surface area contributed by atoms with Crippen molar-refractivity contribution in [1.82, 2.24) is 9.80 Å². The van der Waals surface area contributed by atoms with Crippen LogP contribution in [0.3, 0.4) is 0 Å². The molecule has 5 saturated carbocycles. The van der Waals surface area contributed by atoms with Gasteiger partial charge < -0.3 is 25.3 Å². The molecule has 7 heteroatoms. The quantitative estimate of drug-likeness (QED) is 0.385. The second kappa shape index (κ2) is 10.1. The fraction of sp³-hybridized carbons (Fsp3) is 0.962. The molecule has 0 radical (unpaired) electrons. The number of nitrogens with zero attached hydrogens (tertiary/aromatic N) is 2. The number of rotatable bonds is 9. The zero-order valence-corrected chi connectivity index (χ0v) is 20.8. The number of β-amino-alcohol motifs (C(OH)–C–C–N with tert-alkyl or cyclic N) is 1. The van der Waals surface area contributed by atoms with Gasteiger partial charge in [0, 0.05) is 24.5 Å². The van der Waals surface area contributed by atoms with E-state index in [0.717, 1.165) is 50.0 Å². The van der Waals surface area contributed by atoms with E-state index in [-0.39, 0.29) is 18.6 Å². The van der Waals surface area contributed by atoms with Gasteiger partial charge in [0.2, 0.25) is 5.91 Å². The third-order valence-electron chi connectivity index (χ3n) is 9.20. The molecule has 190 valence electrons. The van der Waals surface area contributed by atoms with E-state index in [1.54, 1.807) is 0 Å². The molecular formula is C26H46N2O5. The van der Waals surface area contributed by atoms with Crippen molar-refractivity contribution in [3.8, 4) is 0 Å². The Morgan fingerprint density at radius 1 is 0.909 bits per heavy atom. The van der Waals surface area contributed by atoms with Gasteiger partial charge in [0.05, 0.1) is 18.8 Å². The summed E-state index contributed by atoms with van der Waals surface area (Å²) in [5.74, 6) is 3.74. The molecule has 5 aliphatic carbocycles. The first-order valence-corrected chi connectivity index (χ1v) is 13.3.